The van der Waals surface area contributed by atoms with Crippen molar-refractivity contribution >= 4 is 21.4 Å². The van der Waals surface area contributed by atoms with Gasteiger partial charge >= 0.3 is 0 Å². The van der Waals surface area contributed by atoms with Gasteiger partial charge in [-0.3, -0.25) is 0 Å². The maximum Gasteiger partial charge on any atom is 0.243 e. The van der Waals surface area contributed by atoms with Crippen LogP contribution >= 0.6 is 11.3 Å². The van der Waals surface area contributed by atoms with Gasteiger partial charge in [0, 0.05) is 29.9 Å². The molecule has 6 heteroatoms. The van der Waals surface area contributed by atoms with Crippen molar-refractivity contribution in [1.29, 1.82) is 0 Å². The van der Waals surface area contributed by atoms with E-state index in [4.69, 9.17) is 5.73 Å². The van der Waals surface area contributed by atoms with Gasteiger partial charge in [-0.15, -0.1) is 11.3 Å². The summed E-state index contributed by atoms with van der Waals surface area (Å²) in [6.07, 6.45) is 3.15. The summed E-state index contributed by atoms with van der Waals surface area (Å²) < 4.78 is 26.6. The molecular weight excluding hydrogens is 268 g/mol. The van der Waals surface area contributed by atoms with Gasteiger partial charge in [-0.25, -0.2) is 8.42 Å². The number of thiophene rings is 1. The molecule has 1 atom stereocenters. The molecule has 1 fully saturated rings. The lowest BCUT2D eigenvalue weighted by atomic mass is 9.97. The number of hydrogen-bond donors (Lipinski definition) is 1. The van der Waals surface area contributed by atoms with Crippen molar-refractivity contribution < 1.29 is 8.42 Å². The molecule has 0 aromatic carbocycles. The number of hydrogen-bond acceptors (Lipinski definition) is 4. The lowest BCUT2D eigenvalue weighted by molar-refractivity contribution is 0.261. The van der Waals surface area contributed by atoms with Crippen LogP contribution in [0.2, 0.25) is 0 Å². The lowest BCUT2D eigenvalue weighted by Gasteiger charge is -2.31. The second-order valence-corrected chi connectivity index (χ2v) is 7.67. The van der Waals surface area contributed by atoms with Crippen LogP contribution < -0.4 is 5.73 Å². The average Bonchev–Trinajstić information content (AvgIpc) is 2.88. The Morgan fingerprint density at radius 2 is 2.33 bits per heavy atom. The van der Waals surface area contributed by atoms with Crippen LogP contribution in [0, 0.1) is 5.92 Å². The van der Waals surface area contributed by atoms with Gasteiger partial charge in [-0.1, -0.05) is 13.3 Å². The minimum atomic E-state index is -3.31. The Kier molecular flexibility index (Phi) is 4.42. The highest BCUT2D eigenvalue weighted by atomic mass is 32.2. The number of sulfonamides is 1. The fraction of sp³-hybridized carbons (Fsp3) is 0.667. The van der Waals surface area contributed by atoms with Crippen molar-refractivity contribution in [2.24, 2.45) is 11.7 Å². The van der Waals surface area contributed by atoms with Crippen LogP contribution in [0.5, 0.6) is 0 Å². The molecule has 2 N–H and O–H groups in total. The van der Waals surface area contributed by atoms with Crippen LogP contribution in [0.3, 0.4) is 0 Å². The monoisotopic (exact) mass is 288 g/mol. The normalized spacial score (nSPS) is 22.2. The fourth-order valence-corrected chi connectivity index (χ4v) is 5.03. The first-order chi connectivity index (χ1) is 8.57. The van der Waals surface area contributed by atoms with E-state index in [0.717, 1.165) is 24.1 Å². The largest absolute Gasteiger partial charge is 0.326 e. The standard InChI is InChI=1S/C12H20N2O2S2/c1-2-10-4-3-5-14(8-10)18(15,16)12-6-11(7-13)17-9-12/h6,9-10H,2-5,7-8,13H2,1H3. The van der Waals surface area contributed by atoms with E-state index in [1.165, 1.54) is 11.3 Å². The van der Waals surface area contributed by atoms with Crippen LogP contribution in [-0.4, -0.2) is 25.8 Å². The van der Waals surface area contributed by atoms with Gasteiger partial charge < -0.3 is 5.73 Å². The smallest absolute Gasteiger partial charge is 0.243 e. The van der Waals surface area contributed by atoms with Crippen LogP contribution in [0.25, 0.3) is 0 Å². The van der Waals surface area contributed by atoms with Gasteiger partial charge in [-0.2, -0.15) is 4.31 Å². The molecule has 4 nitrogen and oxygen atoms in total. The van der Waals surface area contributed by atoms with E-state index in [-0.39, 0.29) is 0 Å². The molecule has 1 aliphatic rings. The predicted octanol–water partition coefficient (Wildman–Crippen LogP) is 2.02. The Balaban J connectivity index is 2.19. The van der Waals surface area contributed by atoms with Gasteiger partial charge in [0.05, 0.1) is 4.90 Å². The molecule has 0 aliphatic carbocycles. The highest BCUT2D eigenvalue weighted by Crippen LogP contribution is 2.27. The van der Waals surface area contributed by atoms with Gasteiger partial charge in [0.2, 0.25) is 10.0 Å². The first-order valence-corrected chi connectivity index (χ1v) is 8.67. The highest BCUT2D eigenvalue weighted by molar-refractivity contribution is 7.89. The van der Waals surface area contributed by atoms with Gasteiger partial charge in [0.1, 0.15) is 0 Å². The summed E-state index contributed by atoms with van der Waals surface area (Å²) in [7, 11) is -3.31. The molecule has 2 rings (SSSR count). The molecule has 0 amide bonds. The molecule has 0 saturated carbocycles. The van der Waals surface area contributed by atoms with Crippen LogP contribution in [-0.2, 0) is 16.6 Å². The second-order valence-electron chi connectivity index (χ2n) is 4.73. The van der Waals surface area contributed by atoms with Crippen molar-refractivity contribution in [2.75, 3.05) is 13.1 Å². The number of nitrogens with zero attached hydrogens (tertiary/aromatic N) is 1. The summed E-state index contributed by atoms with van der Waals surface area (Å²) in [5.41, 5.74) is 5.53. The van der Waals surface area contributed by atoms with E-state index in [0.29, 0.717) is 30.4 Å². The highest BCUT2D eigenvalue weighted by Gasteiger charge is 2.30. The Bertz CT molecular complexity index is 496. The minimum Gasteiger partial charge on any atom is -0.326 e. The summed E-state index contributed by atoms with van der Waals surface area (Å²) in [4.78, 5) is 1.32. The van der Waals surface area contributed by atoms with Crippen LogP contribution in [0.4, 0.5) is 0 Å². The first kappa shape index (κ1) is 14.0. The van der Waals surface area contributed by atoms with Gasteiger partial charge in [0.25, 0.3) is 0 Å². The average molecular weight is 288 g/mol. The summed E-state index contributed by atoms with van der Waals surface area (Å²) in [5, 5.41) is 1.70. The van der Waals surface area contributed by atoms with E-state index >= 15 is 0 Å². The Hall–Kier alpha value is -0.430. The van der Waals surface area contributed by atoms with Crippen LogP contribution in [0.15, 0.2) is 16.3 Å². The maximum atomic E-state index is 12.5. The molecule has 0 radical (unpaired) electrons. The molecule has 1 saturated heterocycles. The molecule has 102 valence electrons. The lowest BCUT2D eigenvalue weighted by Crippen LogP contribution is -2.39. The second kappa shape index (κ2) is 5.69. The Labute approximate surface area is 113 Å². The molecule has 0 spiro atoms. The zero-order valence-electron chi connectivity index (χ0n) is 10.6. The Morgan fingerprint density at radius 1 is 1.56 bits per heavy atom. The van der Waals surface area contributed by atoms with E-state index in [1.54, 1.807) is 15.8 Å². The summed E-state index contributed by atoms with van der Waals surface area (Å²) in [6, 6.07) is 1.70. The van der Waals surface area contributed by atoms with Crippen molar-refractivity contribution in [3.05, 3.63) is 16.3 Å². The van der Waals surface area contributed by atoms with Crippen molar-refractivity contribution in [3.63, 3.8) is 0 Å². The van der Waals surface area contributed by atoms with E-state index < -0.39 is 10.0 Å². The van der Waals surface area contributed by atoms with Crippen LogP contribution in [0.1, 0.15) is 31.1 Å². The van der Waals surface area contributed by atoms with Crippen molar-refractivity contribution in [3.8, 4) is 0 Å². The third-order valence-electron chi connectivity index (χ3n) is 3.53. The summed E-state index contributed by atoms with van der Waals surface area (Å²) in [5.74, 6) is 0.501. The molecule has 0 bridgehead atoms. The van der Waals surface area contributed by atoms with E-state index in [2.05, 4.69) is 6.92 Å². The zero-order chi connectivity index (χ0) is 13.2. The van der Waals surface area contributed by atoms with Gasteiger partial charge in [-0.05, 0) is 24.8 Å². The molecule has 1 aliphatic heterocycles. The summed E-state index contributed by atoms with van der Waals surface area (Å²) >= 11 is 1.42. The van der Waals surface area contributed by atoms with E-state index in [1.807, 2.05) is 0 Å². The quantitative estimate of drug-likeness (QED) is 0.922. The molecule has 18 heavy (non-hydrogen) atoms. The molecular formula is C12H20N2O2S2. The number of piperidine rings is 1. The molecule has 1 unspecified atom stereocenters. The van der Waals surface area contributed by atoms with Gasteiger partial charge in [0.15, 0.2) is 0 Å². The zero-order valence-corrected chi connectivity index (χ0v) is 12.3. The SMILES string of the molecule is CCC1CCCN(S(=O)(=O)c2csc(CN)c2)C1. The Morgan fingerprint density at radius 3 is 2.94 bits per heavy atom. The molecule has 2 heterocycles. The topological polar surface area (TPSA) is 63.4 Å². The fourth-order valence-electron chi connectivity index (χ4n) is 2.33. The van der Waals surface area contributed by atoms with E-state index in [9.17, 15) is 8.42 Å². The molecule has 1 aromatic heterocycles. The third kappa shape index (κ3) is 2.77. The number of nitrogens with two attached hydrogens (primary N) is 1. The van der Waals surface area contributed by atoms with Crippen molar-refractivity contribution in [1.82, 2.24) is 4.31 Å². The number of rotatable bonds is 4. The van der Waals surface area contributed by atoms with Crippen molar-refractivity contribution in [2.45, 2.75) is 37.6 Å². The summed E-state index contributed by atoms with van der Waals surface area (Å²) in [6.45, 7) is 3.83. The predicted molar refractivity (Wildman–Crippen MR) is 74.0 cm³/mol. The molecule has 1 aromatic rings. The minimum absolute atomic E-state index is 0.401. The first-order valence-electron chi connectivity index (χ1n) is 6.35. The maximum absolute atomic E-state index is 12.5. The third-order valence-corrected chi connectivity index (χ3v) is 6.48.